The van der Waals surface area contributed by atoms with E-state index >= 15 is 0 Å². The number of rotatable bonds is 7. The summed E-state index contributed by atoms with van der Waals surface area (Å²) in [5.74, 6) is -1.15. The van der Waals surface area contributed by atoms with Crippen LogP contribution in [0.4, 0.5) is 10.2 Å². The fourth-order valence-corrected chi connectivity index (χ4v) is 6.38. The number of hydrogen-bond acceptors (Lipinski definition) is 9. The van der Waals surface area contributed by atoms with Crippen LogP contribution in [0.15, 0.2) is 42.5 Å². The van der Waals surface area contributed by atoms with Crippen LogP contribution in [0.1, 0.15) is 45.9 Å². The van der Waals surface area contributed by atoms with Gasteiger partial charge in [-0.25, -0.2) is 9.37 Å². The lowest BCUT2D eigenvalue weighted by Gasteiger charge is -2.37. The summed E-state index contributed by atoms with van der Waals surface area (Å²) in [6, 6.07) is 9.52. The molecule has 2 aromatic heterocycles. The highest BCUT2D eigenvalue weighted by molar-refractivity contribution is 7.13. The summed E-state index contributed by atoms with van der Waals surface area (Å²) in [4.78, 5) is 34.0. The number of nitrogens with zero attached hydrogens (tertiary/aromatic N) is 4. The fourth-order valence-electron chi connectivity index (χ4n) is 5.38. The van der Waals surface area contributed by atoms with Crippen molar-refractivity contribution in [3.8, 4) is 0 Å². The fraction of sp³-hybridized carbons (Fsp3) is 0.333. The Morgan fingerprint density at radius 3 is 2.83 bits per heavy atom. The average molecular weight is 599 g/mol. The number of aliphatic hydroxyl groups is 1. The van der Waals surface area contributed by atoms with Gasteiger partial charge in [-0.05, 0) is 42.8 Å². The van der Waals surface area contributed by atoms with E-state index in [1.54, 1.807) is 11.6 Å². The Kier molecular flexibility index (Phi) is 7.72. The van der Waals surface area contributed by atoms with Gasteiger partial charge in [0.2, 0.25) is 5.91 Å². The molecule has 0 bridgehead atoms. The highest BCUT2D eigenvalue weighted by atomic mass is 35.5. The number of benzene rings is 2. The molecule has 41 heavy (non-hydrogen) atoms. The molecule has 2 amide bonds. The van der Waals surface area contributed by atoms with Gasteiger partial charge >= 0.3 is 0 Å². The lowest BCUT2D eigenvalue weighted by Crippen LogP contribution is -2.51. The minimum atomic E-state index is -1.26. The summed E-state index contributed by atoms with van der Waals surface area (Å²) in [5, 5.41) is 23.8. The third-order valence-electron chi connectivity index (χ3n) is 7.40. The minimum Gasteiger partial charge on any atom is -0.371 e. The number of nitrogens with one attached hydrogen (secondary N) is 4. The molecule has 14 heteroatoms. The minimum absolute atomic E-state index is 0.104. The van der Waals surface area contributed by atoms with Crippen LogP contribution in [0.5, 0.6) is 0 Å². The second kappa shape index (κ2) is 11.4. The molecule has 0 radical (unpaired) electrons. The van der Waals surface area contributed by atoms with E-state index in [-0.39, 0.29) is 28.3 Å². The van der Waals surface area contributed by atoms with Crippen molar-refractivity contribution in [2.45, 2.75) is 18.3 Å². The zero-order valence-corrected chi connectivity index (χ0v) is 23.6. The maximum atomic E-state index is 14.5. The third kappa shape index (κ3) is 5.20. The molecule has 11 nitrogen and oxygen atoms in total. The summed E-state index contributed by atoms with van der Waals surface area (Å²) in [6.45, 7) is 3.37. The zero-order valence-electron chi connectivity index (χ0n) is 22.0. The Bertz CT molecular complexity index is 1620. The van der Waals surface area contributed by atoms with Crippen LogP contribution in [-0.2, 0) is 4.79 Å². The largest absolute Gasteiger partial charge is 0.371 e. The quantitative estimate of drug-likeness (QED) is 0.205. The van der Waals surface area contributed by atoms with E-state index in [0.29, 0.717) is 23.2 Å². The maximum absolute atomic E-state index is 14.5. The molecule has 1 saturated heterocycles. The molecule has 0 spiro atoms. The number of carbonyl (C=O) groups excluding carboxylic acids is 2. The van der Waals surface area contributed by atoms with E-state index in [0.717, 1.165) is 30.9 Å². The monoisotopic (exact) mass is 598 g/mol. The molecule has 6 rings (SSSR count). The molecule has 3 atom stereocenters. The molecule has 4 aromatic rings. The van der Waals surface area contributed by atoms with Crippen LogP contribution in [0.3, 0.4) is 0 Å². The molecule has 5 N–H and O–H groups in total. The number of amides is 2. The highest BCUT2D eigenvalue weighted by Crippen LogP contribution is 2.40. The first kappa shape index (κ1) is 27.7. The van der Waals surface area contributed by atoms with Crippen molar-refractivity contribution in [1.29, 1.82) is 0 Å². The van der Waals surface area contributed by atoms with E-state index in [4.69, 9.17) is 11.6 Å². The molecular formula is C27H28ClFN8O3S. The Morgan fingerprint density at radius 2 is 2.05 bits per heavy atom. The van der Waals surface area contributed by atoms with Gasteiger partial charge in [-0.1, -0.05) is 29.8 Å². The van der Waals surface area contributed by atoms with E-state index in [1.807, 2.05) is 24.3 Å². The van der Waals surface area contributed by atoms with Crippen LogP contribution in [-0.4, -0.2) is 75.5 Å². The number of hydrogen-bond donors (Lipinski definition) is 5. The molecule has 2 aromatic carbocycles. The van der Waals surface area contributed by atoms with Crippen LogP contribution in [0.2, 0.25) is 5.02 Å². The van der Waals surface area contributed by atoms with Crippen molar-refractivity contribution in [3.05, 3.63) is 76.1 Å². The van der Waals surface area contributed by atoms with Gasteiger partial charge in [-0.15, -0.1) is 0 Å². The molecule has 0 saturated carbocycles. The van der Waals surface area contributed by atoms with E-state index in [9.17, 15) is 19.1 Å². The molecule has 4 heterocycles. The van der Waals surface area contributed by atoms with Crippen molar-refractivity contribution >= 4 is 50.9 Å². The molecule has 1 fully saturated rings. The highest BCUT2D eigenvalue weighted by Gasteiger charge is 2.42. The normalized spacial score (nSPS) is 20.0. The van der Waals surface area contributed by atoms with Crippen LogP contribution >= 0.6 is 23.1 Å². The third-order valence-corrected chi connectivity index (χ3v) is 8.57. The van der Waals surface area contributed by atoms with Gasteiger partial charge < -0.3 is 25.6 Å². The van der Waals surface area contributed by atoms with Crippen molar-refractivity contribution in [3.63, 3.8) is 0 Å². The molecule has 2 aliphatic rings. The maximum Gasteiger partial charge on any atom is 0.277 e. The average Bonchev–Trinajstić information content (AvgIpc) is 3.58. The number of aliphatic hydroxyl groups excluding tert-OH is 1. The van der Waals surface area contributed by atoms with Gasteiger partial charge in [-0.2, -0.15) is 4.37 Å². The SMILES string of the molecule is CNC(O)c1nc(NC(=O)c2nsc3ccccc23)c2n1C(CN1CCNCC1)C(=O)N[C@H]2c1cc(F)ccc1Cl. The van der Waals surface area contributed by atoms with Crippen molar-refractivity contribution in [2.24, 2.45) is 0 Å². The number of carbonyl (C=O) groups is 2. The topological polar surface area (TPSA) is 136 Å². The first-order chi connectivity index (χ1) is 19.9. The first-order valence-corrected chi connectivity index (χ1v) is 14.3. The first-order valence-electron chi connectivity index (χ1n) is 13.2. The van der Waals surface area contributed by atoms with E-state index in [2.05, 4.69) is 35.5 Å². The molecule has 2 unspecified atom stereocenters. The van der Waals surface area contributed by atoms with Crippen LogP contribution in [0, 0.1) is 5.82 Å². The van der Waals surface area contributed by atoms with E-state index in [1.165, 1.54) is 29.7 Å². The lowest BCUT2D eigenvalue weighted by molar-refractivity contribution is -0.127. The summed E-state index contributed by atoms with van der Waals surface area (Å²) >= 11 is 7.72. The number of anilines is 1. The Morgan fingerprint density at radius 1 is 1.27 bits per heavy atom. The van der Waals surface area contributed by atoms with Gasteiger partial charge in [0.25, 0.3) is 5.91 Å². The van der Waals surface area contributed by atoms with Crippen LogP contribution in [0.25, 0.3) is 10.1 Å². The number of aromatic nitrogens is 3. The smallest absolute Gasteiger partial charge is 0.277 e. The Labute approximate surface area is 243 Å². The zero-order chi connectivity index (χ0) is 28.7. The van der Waals surface area contributed by atoms with Gasteiger partial charge in [-0.3, -0.25) is 19.8 Å². The molecule has 0 aliphatic carbocycles. The molecule has 214 valence electrons. The number of halogens is 2. The number of piperazine rings is 1. The van der Waals surface area contributed by atoms with E-state index < -0.39 is 30.0 Å². The Hall–Kier alpha value is -3.46. The Balaban J connectivity index is 1.50. The summed E-state index contributed by atoms with van der Waals surface area (Å²) in [5.41, 5.74) is 0.886. The van der Waals surface area contributed by atoms with Gasteiger partial charge in [0.15, 0.2) is 17.9 Å². The molecule has 2 aliphatic heterocycles. The van der Waals surface area contributed by atoms with Gasteiger partial charge in [0.05, 0.1) is 16.4 Å². The summed E-state index contributed by atoms with van der Waals surface area (Å²) in [6.07, 6.45) is -1.26. The summed E-state index contributed by atoms with van der Waals surface area (Å²) in [7, 11) is 1.56. The second-order valence-corrected chi connectivity index (χ2v) is 11.1. The predicted molar refractivity (Wildman–Crippen MR) is 154 cm³/mol. The predicted octanol–water partition coefficient (Wildman–Crippen LogP) is 2.41. The summed E-state index contributed by atoms with van der Waals surface area (Å²) < 4.78 is 21.3. The van der Waals surface area contributed by atoms with Crippen LogP contribution < -0.4 is 21.3 Å². The lowest BCUT2D eigenvalue weighted by atomic mass is 9.98. The van der Waals surface area contributed by atoms with Gasteiger partial charge in [0.1, 0.15) is 17.6 Å². The van der Waals surface area contributed by atoms with Crippen molar-refractivity contribution < 1.29 is 19.1 Å². The number of fused-ring (bicyclic) bond motifs is 2. The standard InChI is InChI=1S/C27H28ClFN8O3S/c1-30-27(40)24-33-23(34-26(39)21-15-4-2-3-5-19(15)41-35-21)22-20(16-12-14(29)6-7-17(16)28)32-25(38)18(37(22)24)13-36-10-8-31-9-11-36/h2-7,12,18,20,27,30-31,40H,8-11,13H2,1H3,(H,32,38)(H,34,39)/t18?,20-,27?/m0/s1. The second-order valence-electron chi connectivity index (χ2n) is 9.92. The van der Waals surface area contributed by atoms with Crippen molar-refractivity contribution in [2.75, 3.05) is 45.1 Å². The van der Waals surface area contributed by atoms with Gasteiger partial charge in [0, 0.05) is 48.7 Å². The molecular weight excluding hydrogens is 571 g/mol. The number of imidazole rings is 1. The van der Waals surface area contributed by atoms with Crippen molar-refractivity contribution in [1.82, 2.24) is 34.8 Å².